The Morgan fingerprint density at radius 3 is 2.81 bits per heavy atom. The number of benzene rings is 1. The first-order valence-corrected chi connectivity index (χ1v) is 6.11. The molecule has 0 amide bonds. The summed E-state index contributed by atoms with van der Waals surface area (Å²) in [6, 6.07) is 10.3. The molecule has 1 aromatic heterocycles. The Balaban J connectivity index is 1.74. The molecule has 1 N–H and O–H groups in total. The largest absolute Gasteiger partial charge is 0.472 e. The van der Waals surface area contributed by atoms with Gasteiger partial charge in [0.25, 0.3) is 0 Å². The van der Waals surface area contributed by atoms with Gasteiger partial charge in [0.1, 0.15) is 0 Å². The van der Waals surface area contributed by atoms with Crippen LogP contribution in [0.1, 0.15) is 11.1 Å². The average molecular weight is 280 g/mol. The van der Waals surface area contributed by atoms with E-state index < -0.39 is 0 Å². The van der Waals surface area contributed by atoms with Gasteiger partial charge in [0.05, 0.1) is 12.5 Å². The molecule has 2 aromatic rings. The van der Waals surface area contributed by atoms with Crippen molar-refractivity contribution < 1.29 is 4.42 Å². The molecule has 1 heterocycles. The zero-order valence-corrected chi connectivity index (χ0v) is 10.5. The molecule has 0 fully saturated rings. The number of furan rings is 1. The third-order valence-corrected chi connectivity index (χ3v) is 3.21. The molecule has 0 saturated carbocycles. The monoisotopic (exact) mass is 279 g/mol. The van der Waals surface area contributed by atoms with E-state index in [1.54, 1.807) is 12.5 Å². The van der Waals surface area contributed by atoms with E-state index in [2.05, 4.69) is 39.4 Å². The second-order valence-electron chi connectivity index (χ2n) is 3.65. The van der Waals surface area contributed by atoms with Crippen molar-refractivity contribution in [2.75, 3.05) is 6.54 Å². The van der Waals surface area contributed by atoms with Crippen LogP contribution in [0.2, 0.25) is 0 Å². The molecule has 0 aliphatic carbocycles. The Morgan fingerprint density at radius 2 is 2.06 bits per heavy atom. The van der Waals surface area contributed by atoms with Crippen LogP contribution in [-0.4, -0.2) is 6.54 Å². The van der Waals surface area contributed by atoms with E-state index in [9.17, 15) is 0 Å². The minimum Gasteiger partial charge on any atom is -0.472 e. The smallest absolute Gasteiger partial charge is 0.0947 e. The van der Waals surface area contributed by atoms with Crippen LogP contribution in [0.5, 0.6) is 0 Å². The highest BCUT2D eigenvalue weighted by atomic mass is 79.9. The van der Waals surface area contributed by atoms with E-state index >= 15 is 0 Å². The molecule has 3 heteroatoms. The van der Waals surface area contributed by atoms with Crippen molar-refractivity contribution in [1.29, 1.82) is 0 Å². The Bertz CT molecular complexity index is 425. The maximum atomic E-state index is 5.00. The summed E-state index contributed by atoms with van der Waals surface area (Å²) in [6.07, 6.45) is 4.50. The van der Waals surface area contributed by atoms with Gasteiger partial charge >= 0.3 is 0 Å². The summed E-state index contributed by atoms with van der Waals surface area (Å²) in [5, 5.41) is 3.38. The Labute approximate surface area is 104 Å². The van der Waals surface area contributed by atoms with Crippen LogP contribution in [0.3, 0.4) is 0 Å². The lowest BCUT2D eigenvalue weighted by molar-refractivity contribution is 0.560. The van der Waals surface area contributed by atoms with Crippen molar-refractivity contribution in [3.8, 4) is 0 Å². The van der Waals surface area contributed by atoms with E-state index in [1.807, 2.05) is 12.1 Å². The van der Waals surface area contributed by atoms with E-state index in [0.29, 0.717) is 0 Å². The normalized spacial score (nSPS) is 10.6. The van der Waals surface area contributed by atoms with Crippen LogP contribution in [0.25, 0.3) is 0 Å². The number of rotatable bonds is 5. The number of halogens is 1. The molecule has 84 valence electrons. The van der Waals surface area contributed by atoms with Gasteiger partial charge in [-0.1, -0.05) is 34.1 Å². The van der Waals surface area contributed by atoms with E-state index in [1.165, 1.54) is 15.6 Å². The molecule has 0 spiro atoms. The molecule has 16 heavy (non-hydrogen) atoms. The van der Waals surface area contributed by atoms with Crippen LogP contribution >= 0.6 is 15.9 Å². The minimum absolute atomic E-state index is 0.862. The third kappa shape index (κ3) is 3.22. The average Bonchev–Trinajstić information content (AvgIpc) is 2.79. The first-order chi connectivity index (χ1) is 7.86. The predicted molar refractivity (Wildman–Crippen MR) is 68.3 cm³/mol. The summed E-state index contributed by atoms with van der Waals surface area (Å²) in [5.41, 5.74) is 2.52. The maximum Gasteiger partial charge on any atom is 0.0947 e. The molecule has 2 rings (SSSR count). The molecule has 1 aromatic carbocycles. The van der Waals surface area contributed by atoms with E-state index in [0.717, 1.165) is 19.5 Å². The summed E-state index contributed by atoms with van der Waals surface area (Å²) >= 11 is 3.54. The quantitative estimate of drug-likeness (QED) is 0.849. The highest BCUT2D eigenvalue weighted by Gasteiger charge is 1.98. The second-order valence-corrected chi connectivity index (χ2v) is 4.50. The summed E-state index contributed by atoms with van der Waals surface area (Å²) in [5.74, 6) is 0. The van der Waals surface area contributed by atoms with Crippen molar-refractivity contribution in [2.45, 2.75) is 13.0 Å². The van der Waals surface area contributed by atoms with Crippen molar-refractivity contribution in [3.63, 3.8) is 0 Å². The molecular weight excluding hydrogens is 266 g/mol. The van der Waals surface area contributed by atoms with Crippen molar-refractivity contribution in [1.82, 2.24) is 5.32 Å². The van der Waals surface area contributed by atoms with Gasteiger partial charge in [-0.25, -0.2) is 0 Å². The summed E-state index contributed by atoms with van der Waals surface area (Å²) in [4.78, 5) is 0. The molecule has 0 aliphatic heterocycles. The molecule has 0 aliphatic rings. The van der Waals surface area contributed by atoms with E-state index in [-0.39, 0.29) is 0 Å². The lowest BCUT2D eigenvalue weighted by Gasteiger charge is -2.05. The summed E-state index contributed by atoms with van der Waals surface area (Å²) < 4.78 is 6.18. The molecule has 0 unspecified atom stereocenters. The molecule has 2 nitrogen and oxygen atoms in total. The fourth-order valence-corrected chi connectivity index (χ4v) is 2.03. The van der Waals surface area contributed by atoms with Crippen LogP contribution in [0.4, 0.5) is 0 Å². The zero-order valence-electron chi connectivity index (χ0n) is 8.95. The van der Waals surface area contributed by atoms with Crippen molar-refractivity contribution >= 4 is 15.9 Å². The topological polar surface area (TPSA) is 25.2 Å². The SMILES string of the molecule is Brc1ccccc1CCNCc1ccoc1. The molecule has 0 bridgehead atoms. The lowest BCUT2D eigenvalue weighted by Crippen LogP contribution is -2.16. The van der Waals surface area contributed by atoms with Crippen LogP contribution in [-0.2, 0) is 13.0 Å². The fraction of sp³-hybridized carbons (Fsp3) is 0.231. The third-order valence-electron chi connectivity index (χ3n) is 2.44. The van der Waals surface area contributed by atoms with Crippen LogP contribution < -0.4 is 5.32 Å². The van der Waals surface area contributed by atoms with Gasteiger partial charge in [-0.15, -0.1) is 0 Å². The lowest BCUT2D eigenvalue weighted by atomic mass is 10.1. The molecule has 0 radical (unpaired) electrons. The van der Waals surface area contributed by atoms with Crippen molar-refractivity contribution in [3.05, 3.63) is 58.5 Å². The standard InChI is InChI=1S/C13H14BrNO/c14-13-4-2-1-3-12(13)5-7-15-9-11-6-8-16-10-11/h1-4,6,8,10,15H,5,7,9H2. The Morgan fingerprint density at radius 1 is 1.19 bits per heavy atom. The van der Waals surface area contributed by atoms with Gasteiger partial charge in [0.2, 0.25) is 0 Å². The zero-order chi connectivity index (χ0) is 11.2. The summed E-state index contributed by atoms with van der Waals surface area (Å²) in [7, 11) is 0. The maximum absolute atomic E-state index is 5.00. The molecule has 0 saturated heterocycles. The number of hydrogen-bond donors (Lipinski definition) is 1. The van der Waals surface area contributed by atoms with Gasteiger partial charge in [0, 0.05) is 16.6 Å². The van der Waals surface area contributed by atoms with Gasteiger partial charge in [-0.05, 0) is 30.7 Å². The van der Waals surface area contributed by atoms with Gasteiger partial charge in [-0.2, -0.15) is 0 Å². The first-order valence-electron chi connectivity index (χ1n) is 5.31. The first kappa shape index (κ1) is 11.4. The summed E-state index contributed by atoms with van der Waals surface area (Å²) in [6.45, 7) is 1.83. The van der Waals surface area contributed by atoms with Gasteiger partial charge in [-0.3, -0.25) is 0 Å². The van der Waals surface area contributed by atoms with Gasteiger partial charge in [0.15, 0.2) is 0 Å². The fourth-order valence-electron chi connectivity index (χ4n) is 1.55. The molecule has 0 atom stereocenters. The number of hydrogen-bond acceptors (Lipinski definition) is 2. The van der Waals surface area contributed by atoms with Gasteiger partial charge < -0.3 is 9.73 Å². The highest BCUT2D eigenvalue weighted by Crippen LogP contribution is 2.15. The Kier molecular flexibility index (Phi) is 4.19. The minimum atomic E-state index is 0.862. The van der Waals surface area contributed by atoms with Crippen molar-refractivity contribution in [2.24, 2.45) is 0 Å². The predicted octanol–water partition coefficient (Wildman–Crippen LogP) is 3.37. The van der Waals surface area contributed by atoms with Crippen LogP contribution in [0, 0.1) is 0 Å². The highest BCUT2D eigenvalue weighted by molar-refractivity contribution is 9.10. The van der Waals surface area contributed by atoms with E-state index in [4.69, 9.17) is 4.42 Å². The number of nitrogens with one attached hydrogen (secondary N) is 1. The van der Waals surface area contributed by atoms with Crippen LogP contribution in [0.15, 0.2) is 51.7 Å². The Hall–Kier alpha value is -1.06. The molecular formula is C13H14BrNO. The second kappa shape index (κ2) is 5.87.